The van der Waals surface area contributed by atoms with E-state index in [0.717, 1.165) is 11.1 Å². The fraction of sp³-hybridized carbons (Fsp3) is 0.267. The number of ether oxygens (including phenoxy) is 1. The van der Waals surface area contributed by atoms with Gasteiger partial charge in [0, 0.05) is 17.3 Å². The molecule has 1 N–H and O–H groups in total. The number of methoxy groups -OCH3 is 1. The van der Waals surface area contributed by atoms with Crippen molar-refractivity contribution in [1.82, 2.24) is 4.57 Å². The van der Waals surface area contributed by atoms with Crippen LogP contribution in [0.1, 0.15) is 16.7 Å². The molecule has 0 saturated carbocycles. The molecule has 0 aliphatic carbocycles. The molecule has 0 atom stereocenters. The van der Waals surface area contributed by atoms with Gasteiger partial charge in [0.25, 0.3) is 5.56 Å². The fourth-order valence-electron chi connectivity index (χ4n) is 2.02. The van der Waals surface area contributed by atoms with Crippen molar-refractivity contribution < 1.29 is 9.84 Å². The maximum atomic E-state index is 12.0. The minimum Gasteiger partial charge on any atom is -0.496 e. The number of rotatable bonds is 4. The number of aliphatic hydroxyl groups is 1. The summed E-state index contributed by atoms with van der Waals surface area (Å²) < 4.78 is 6.92. The second kappa shape index (κ2) is 5.71. The van der Waals surface area contributed by atoms with E-state index in [1.807, 2.05) is 18.2 Å². The predicted molar refractivity (Wildman–Crippen MR) is 73.5 cm³/mol. The van der Waals surface area contributed by atoms with Gasteiger partial charge in [-0.2, -0.15) is 0 Å². The van der Waals surface area contributed by atoms with Crippen molar-refractivity contribution in [3.05, 3.63) is 63.6 Å². The van der Waals surface area contributed by atoms with Crippen molar-refractivity contribution in [2.75, 3.05) is 7.11 Å². The summed E-state index contributed by atoms with van der Waals surface area (Å²) in [7, 11) is 1.59. The summed E-state index contributed by atoms with van der Waals surface area (Å²) in [4.78, 5) is 12.0. The molecule has 0 aliphatic rings. The largest absolute Gasteiger partial charge is 0.496 e. The predicted octanol–water partition coefficient (Wildman–Crippen LogP) is 1.71. The van der Waals surface area contributed by atoms with E-state index >= 15 is 0 Å². The summed E-state index contributed by atoms with van der Waals surface area (Å²) in [6.45, 7) is 2.19. The molecular weight excluding hydrogens is 242 g/mol. The summed E-state index contributed by atoms with van der Waals surface area (Å²) in [6.07, 6.45) is 1.75. The Morgan fingerprint density at radius 1 is 1.32 bits per heavy atom. The highest BCUT2D eigenvalue weighted by molar-refractivity contribution is 5.37. The second-order valence-corrected chi connectivity index (χ2v) is 4.43. The Bertz CT molecular complexity index is 632. The molecule has 1 aromatic carbocycles. The third-order valence-corrected chi connectivity index (χ3v) is 3.08. The van der Waals surface area contributed by atoms with Crippen LogP contribution in [0.4, 0.5) is 0 Å². The molecule has 4 heteroatoms. The first-order chi connectivity index (χ1) is 9.15. The first-order valence-corrected chi connectivity index (χ1v) is 6.08. The number of hydrogen-bond acceptors (Lipinski definition) is 3. The number of aliphatic hydroxyl groups excluding tert-OH is 1. The average Bonchev–Trinajstić information content (AvgIpc) is 2.43. The Morgan fingerprint density at radius 2 is 2.11 bits per heavy atom. The van der Waals surface area contributed by atoms with Crippen molar-refractivity contribution in [1.29, 1.82) is 0 Å². The van der Waals surface area contributed by atoms with Crippen LogP contribution in [0, 0.1) is 6.92 Å². The molecule has 0 radical (unpaired) electrons. The molecule has 0 amide bonds. The standard InChI is InChI=1S/C15H17NO3/c1-11-4-3-7-16(15(11)18)9-13-8-12(10-17)5-6-14(13)19-2/h3-8,17H,9-10H2,1-2H3. The van der Waals surface area contributed by atoms with E-state index in [1.165, 1.54) is 0 Å². The minimum absolute atomic E-state index is 0.0149. The van der Waals surface area contributed by atoms with Gasteiger partial charge in [-0.3, -0.25) is 4.79 Å². The molecule has 0 fully saturated rings. The van der Waals surface area contributed by atoms with Gasteiger partial charge in [-0.15, -0.1) is 0 Å². The van der Waals surface area contributed by atoms with Gasteiger partial charge in [-0.05, 0) is 30.7 Å². The topological polar surface area (TPSA) is 51.5 Å². The molecular formula is C15H17NO3. The summed E-state index contributed by atoms with van der Waals surface area (Å²) in [5.74, 6) is 0.714. The van der Waals surface area contributed by atoms with Crippen LogP contribution < -0.4 is 10.3 Å². The first kappa shape index (κ1) is 13.4. The Hall–Kier alpha value is -2.07. The fourth-order valence-corrected chi connectivity index (χ4v) is 2.02. The lowest BCUT2D eigenvalue weighted by Crippen LogP contribution is -2.21. The summed E-state index contributed by atoms with van der Waals surface area (Å²) >= 11 is 0. The van der Waals surface area contributed by atoms with E-state index in [9.17, 15) is 9.90 Å². The second-order valence-electron chi connectivity index (χ2n) is 4.43. The Labute approximate surface area is 111 Å². The monoisotopic (exact) mass is 259 g/mol. The van der Waals surface area contributed by atoms with E-state index in [2.05, 4.69) is 0 Å². The normalized spacial score (nSPS) is 10.5. The quantitative estimate of drug-likeness (QED) is 0.909. The van der Waals surface area contributed by atoms with Crippen LogP contribution in [-0.2, 0) is 13.2 Å². The zero-order valence-electron chi connectivity index (χ0n) is 11.1. The number of pyridine rings is 1. The van der Waals surface area contributed by atoms with E-state index in [1.54, 1.807) is 36.9 Å². The highest BCUT2D eigenvalue weighted by atomic mass is 16.5. The van der Waals surface area contributed by atoms with Crippen LogP contribution in [0.25, 0.3) is 0 Å². The van der Waals surface area contributed by atoms with Crippen LogP contribution >= 0.6 is 0 Å². The van der Waals surface area contributed by atoms with Gasteiger partial charge >= 0.3 is 0 Å². The van der Waals surface area contributed by atoms with E-state index in [4.69, 9.17) is 4.74 Å². The molecule has 100 valence electrons. The van der Waals surface area contributed by atoms with Gasteiger partial charge in [-0.1, -0.05) is 12.1 Å². The maximum Gasteiger partial charge on any atom is 0.253 e. The van der Waals surface area contributed by atoms with Crippen LogP contribution in [-0.4, -0.2) is 16.8 Å². The van der Waals surface area contributed by atoms with E-state index < -0.39 is 0 Å². The lowest BCUT2D eigenvalue weighted by Gasteiger charge is -2.12. The lowest BCUT2D eigenvalue weighted by molar-refractivity contribution is 0.281. The molecule has 1 aromatic heterocycles. The molecule has 19 heavy (non-hydrogen) atoms. The van der Waals surface area contributed by atoms with Crippen LogP contribution in [0.5, 0.6) is 5.75 Å². The molecule has 2 rings (SSSR count). The van der Waals surface area contributed by atoms with Crippen molar-refractivity contribution in [2.24, 2.45) is 0 Å². The summed E-state index contributed by atoms with van der Waals surface area (Å²) in [6, 6.07) is 9.11. The molecule has 0 saturated heterocycles. The van der Waals surface area contributed by atoms with Gasteiger partial charge in [0.2, 0.25) is 0 Å². The Kier molecular flexibility index (Phi) is 4.02. The zero-order valence-corrected chi connectivity index (χ0v) is 11.1. The van der Waals surface area contributed by atoms with Gasteiger partial charge < -0.3 is 14.4 Å². The molecule has 1 heterocycles. The third-order valence-electron chi connectivity index (χ3n) is 3.08. The molecule has 4 nitrogen and oxygen atoms in total. The number of nitrogens with zero attached hydrogens (tertiary/aromatic N) is 1. The number of benzene rings is 1. The van der Waals surface area contributed by atoms with Gasteiger partial charge in [0.05, 0.1) is 20.3 Å². The third kappa shape index (κ3) is 2.85. The van der Waals surface area contributed by atoms with E-state index in [-0.39, 0.29) is 12.2 Å². The average molecular weight is 259 g/mol. The number of aromatic nitrogens is 1. The summed E-state index contributed by atoms with van der Waals surface area (Å²) in [5.41, 5.74) is 2.37. The Morgan fingerprint density at radius 3 is 2.79 bits per heavy atom. The molecule has 0 unspecified atom stereocenters. The smallest absolute Gasteiger partial charge is 0.253 e. The lowest BCUT2D eigenvalue weighted by atomic mass is 10.1. The SMILES string of the molecule is COc1ccc(CO)cc1Cn1cccc(C)c1=O. The summed E-state index contributed by atoms with van der Waals surface area (Å²) in [5, 5.41) is 9.18. The van der Waals surface area contributed by atoms with Crippen LogP contribution in [0.2, 0.25) is 0 Å². The van der Waals surface area contributed by atoms with Crippen molar-refractivity contribution in [3.63, 3.8) is 0 Å². The maximum absolute atomic E-state index is 12.0. The van der Waals surface area contributed by atoms with Crippen LogP contribution in [0.15, 0.2) is 41.3 Å². The van der Waals surface area contributed by atoms with Gasteiger partial charge in [0.1, 0.15) is 5.75 Å². The van der Waals surface area contributed by atoms with Crippen LogP contribution in [0.3, 0.4) is 0 Å². The first-order valence-electron chi connectivity index (χ1n) is 6.08. The highest BCUT2D eigenvalue weighted by Crippen LogP contribution is 2.20. The van der Waals surface area contributed by atoms with Gasteiger partial charge in [-0.25, -0.2) is 0 Å². The molecule has 0 bridgehead atoms. The van der Waals surface area contributed by atoms with Gasteiger partial charge in [0.15, 0.2) is 0 Å². The Balaban J connectivity index is 2.42. The molecule has 0 aliphatic heterocycles. The minimum atomic E-state index is -0.0281. The number of aryl methyl sites for hydroxylation is 1. The molecule has 0 spiro atoms. The number of hydrogen-bond donors (Lipinski definition) is 1. The van der Waals surface area contributed by atoms with Crippen molar-refractivity contribution >= 4 is 0 Å². The zero-order chi connectivity index (χ0) is 13.8. The highest BCUT2D eigenvalue weighted by Gasteiger charge is 2.07. The van der Waals surface area contributed by atoms with E-state index in [0.29, 0.717) is 17.9 Å². The van der Waals surface area contributed by atoms with Crippen molar-refractivity contribution in [2.45, 2.75) is 20.1 Å². The van der Waals surface area contributed by atoms with Crippen molar-refractivity contribution in [3.8, 4) is 5.75 Å². The molecule has 2 aromatic rings.